The molecule has 3 heteroatoms. The Morgan fingerprint density at radius 3 is 2.67 bits per heavy atom. The molecule has 0 spiro atoms. The fourth-order valence-electron chi connectivity index (χ4n) is 1.20. The summed E-state index contributed by atoms with van der Waals surface area (Å²) in [7, 11) is 0. The summed E-state index contributed by atoms with van der Waals surface area (Å²) in [6.07, 6.45) is 0.368. The maximum atomic E-state index is 5.50. The van der Waals surface area contributed by atoms with E-state index in [1.165, 1.54) is 0 Å². The molecule has 2 heterocycles. The van der Waals surface area contributed by atoms with Crippen LogP contribution in [0.2, 0.25) is 0 Å². The van der Waals surface area contributed by atoms with E-state index in [2.05, 4.69) is 13.8 Å². The molecule has 70 valence electrons. The number of hydrogen-bond donors (Lipinski definition) is 0. The molecule has 0 radical (unpaired) electrons. The van der Waals surface area contributed by atoms with Gasteiger partial charge in [-0.1, -0.05) is 13.8 Å². The van der Waals surface area contributed by atoms with Crippen LogP contribution in [0.5, 0.6) is 0 Å². The Hall–Kier alpha value is -0.120. The lowest BCUT2D eigenvalue weighted by atomic mass is 9.98. The molecule has 0 aromatic heterocycles. The second kappa shape index (κ2) is 2.98. The highest BCUT2D eigenvalue weighted by Gasteiger charge is 2.48. The van der Waals surface area contributed by atoms with Gasteiger partial charge in [-0.25, -0.2) is 0 Å². The molecule has 0 N–H and O–H groups in total. The summed E-state index contributed by atoms with van der Waals surface area (Å²) in [6.45, 7) is 7.53. The molecule has 2 saturated heterocycles. The van der Waals surface area contributed by atoms with Gasteiger partial charge in [0, 0.05) is 0 Å². The Kier molecular flexibility index (Phi) is 2.10. The Morgan fingerprint density at radius 1 is 1.58 bits per heavy atom. The van der Waals surface area contributed by atoms with Crippen LogP contribution in [0.1, 0.15) is 13.8 Å². The lowest BCUT2D eigenvalue weighted by Crippen LogP contribution is -2.27. The third-order valence-electron chi connectivity index (χ3n) is 2.62. The van der Waals surface area contributed by atoms with E-state index in [1.54, 1.807) is 0 Å². The van der Waals surface area contributed by atoms with Crippen molar-refractivity contribution in [1.29, 1.82) is 0 Å². The average Bonchev–Trinajstić information content (AvgIpc) is 2.79. The molecule has 2 rings (SSSR count). The van der Waals surface area contributed by atoms with Crippen LogP contribution in [-0.4, -0.2) is 38.1 Å². The van der Waals surface area contributed by atoms with E-state index < -0.39 is 0 Å². The smallest absolute Gasteiger partial charge is 0.117 e. The van der Waals surface area contributed by atoms with Gasteiger partial charge >= 0.3 is 0 Å². The van der Waals surface area contributed by atoms with E-state index in [0.717, 1.165) is 26.4 Å². The highest BCUT2D eigenvalue weighted by molar-refractivity contribution is 4.95. The molecule has 2 aliphatic heterocycles. The number of epoxide rings is 2. The van der Waals surface area contributed by atoms with Crippen LogP contribution >= 0.6 is 0 Å². The van der Waals surface area contributed by atoms with Crippen LogP contribution in [0, 0.1) is 5.92 Å². The van der Waals surface area contributed by atoms with Gasteiger partial charge in [-0.15, -0.1) is 0 Å². The number of rotatable bonds is 5. The second-order valence-corrected chi connectivity index (χ2v) is 3.98. The maximum Gasteiger partial charge on any atom is 0.117 e. The highest BCUT2D eigenvalue weighted by Crippen LogP contribution is 2.35. The van der Waals surface area contributed by atoms with Crippen LogP contribution in [-0.2, 0) is 14.2 Å². The normalized spacial score (nSPS) is 38.8. The second-order valence-electron chi connectivity index (χ2n) is 3.98. The zero-order valence-electron chi connectivity index (χ0n) is 7.71. The predicted molar refractivity (Wildman–Crippen MR) is 44.1 cm³/mol. The van der Waals surface area contributed by atoms with Gasteiger partial charge in [-0.2, -0.15) is 0 Å². The summed E-state index contributed by atoms with van der Waals surface area (Å²) >= 11 is 0. The molecule has 2 atom stereocenters. The van der Waals surface area contributed by atoms with E-state index in [9.17, 15) is 0 Å². The molecular weight excluding hydrogens is 156 g/mol. The quantitative estimate of drug-likeness (QED) is 0.576. The highest BCUT2D eigenvalue weighted by atomic mass is 16.6. The lowest BCUT2D eigenvalue weighted by molar-refractivity contribution is 0.0505. The largest absolute Gasteiger partial charge is 0.376 e. The molecule has 0 aromatic carbocycles. The first kappa shape index (κ1) is 8.48. The van der Waals surface area contributed by atoms with Gasteiger partial charge in [0.05, 0.1) is 26.4 Å². The molecule has 0 saturated carbocycles. The molecule has 0 bridgehead atoms. The molecule has 2 unspecified atom stereocenters. The zero-order chi connectivity index (χ0) is 8.60. The maximum absolute atomic E-state index is 5.50. The predicted octanol–water partition coefficient (Wildman–Crippen LogP) is 0.827. The summed E-state index contributed by atoms with van der Waals surface area (Å²) in [5.74, 6) is 0.553. The van der Waals surface area contributed by atoms with E-state index in [0.29, 0.717) is 12.0 Å². The van der Waals surface area contributed by atoms with Crippen LogP contribution in [0.15, 0.2) is 0 Å². The molecular formula is C9H16O3. The van der Waals surface area contributed by atoms with Crippen molar-refractivity contribution in [3.8, 4) is 0 Å². The van der Waals surface area contributed by atoms with Crippen LogP contribution in [0.25, 0.3) is 0 Å². The van der Waals surface area contributed by atoms with E-state index in [1.807, 2.05) is 0 Å². The van der Waals surface area contributed by atoms with Gasteiger partial charge in [0.15, 0.2) is 0 Å². The summed E-state index contributed by atoms with van der Waals surface area (Å²) in [4.78, 5) is 0. The van der Waals surface area contributed by atoms with Crippen LogP contribution < -0.4 is 0 Å². The summed E-state index contributed by atoms with van der Waals surface area (Å²) in [6, 6.07) is 0. The Labute approximate surface area is 73.0 Å². The van der Waals surface area contributed by atoms with Gasteiger partial charge in [-0.3, -0.25) is 0 Å². The molecule has 0 aliphatic carbocycles. The SMILES string of the molecule is CC(C)C1(COCC2CO2)CO1. The van der Waals surface area contributed by atoms with Crippen molar-refractivity contribution >= 4 is 0 Å². The Bertz CT molecular complexity index is 159. The molecule has 0 amide bonds. The first-order chi connectivity index (χ1) is 5.73. The van der Waals surface area contributed by atoms with Crippen molar-refractivity contribution in [3.05, 3.63) is 0 Å². The van der Waals surface area contributed by atoms with Gasteiger partial charge < -0.3 is 14.2 Å². The summed E-state index contributed by atoms with van der Waals surface area (Å²) < 4.78 is 15.9. The minimum Gasteiger partial charge on any atom is -0.376 e. The first-order valence-corrected chi connectivity index (χ1v) is 4.56. The molecule has 2 aliphatic rings. The minimum absolute atomic E-state index is 0.0366. The third kappa shape index (κ3) is 1.79. The van der Waals surface area contributed by atoms with Crippen molar-refractivity contribution in [2.45, 2.75) is 25.6 Å². The van der Waals surface area contributed by atoms with Crippen LogP contribution in [0.4, 0.5) is 0 Å². The van der Waals surface area contributed by atoms with Crippen molar-refractivity contribution in [2.75, 3.05) is 26.4 Å². The topological polar surface area (TPSA) is 34.3 Å². The van der Waals surface area contributed by atoms with Gasteiger partial charge in [0.25, 0.3) is 0 Å². The molecule has 0 aromatic rings. The van der Waals surface area contributed by atoms with E-state index in [4.69, 9.17) is 14.2 Å². The van der Waals surface area contributed by atoms with E-state index in [-0.39, 0.29) is 5.60 Å². The fourth-order valence-corrected chi connectivity index (χ4v) is 1.20. The average molecular weight is 172 g/mol. The van der Waals surface area contributed by atoms with Crippen molar-refractivity contribution < 1.29 is 14.2 Å². The molecule has 3 nitrogen and oxygen atoms in total. The van der Waals surface area contributed by atoms with E-state index >= 15 is 0 Å². The van der Waals surface area contributed by atoms with Crippen LogP contribution in [0.3, 0.4) is 0 Å². The number of ether oxygens (including phenoxy) is 3. The lowest BCUT2D eigenvalue weighted by Gasteiger charge is -2.15. The third-order valence-corrected chi connectivity index (χ3v) is 2.62. The van der Waals surface area contributed by atoms with Crippen molar-refractivity contribution in [3.63, 3.8) is 0 Å². The molecule has 12 heavy (non-hydrogen) atoms. The Balaban J connectivity index is 1.64. The van der Waals surface area contributed by atoms with Gasteiger partial charge in [0.1, 0.15) is 11.7 Å². The monoisotopic (exact) mass is 172 g/mol. The van der Waals surface area contributed by atoms with Gasteiger partial charge in [-0.05, 0) is 5.92 Å². The minimum atomic E-state index is 0.0366. The fraction of sp³-hybridized carbons (Fsp3) is 1.00. The summed E-state index contributed by atoms with van der Waals surface area (Å²) in [5.41, 5.74) is 0.0366. The van der Waals surface area contributed by atoms with Gasteiger partial charge in [0.2, 0.25) is 0 Å². The van der Waals surface area contributed by atoms with Crippen molar-refractivity contribution in [2.24, 2.45) is 5.92 Å². The summed E-state index contributed by atoms with van der Waals surface area (Å²) in [5, 5.41) is 0. The molecule has 2 fully saturated rings. The first-order valence-electron chi connectivity index (χ1n) is 4.56. The Morgan fingerprint density at radius 2 is 2.25 bits per heavy atom. The zero-order valence-corrected chi connectivity index (χ0v) is 7.71. The van der Waals surface area contributed by atoms with Crippen molar-refractivity contribution in [1.82, 2.24) is 0 Å². The number of hydrogen-bond acceptors (Lipinski definition) is 3. The standard InChI is InChI=1S/C9H16O3/c1-7(2)9(6-12-9)5-10-3-8-4-11-8/h7-8H,3-6H2,1-2H3.